The number of benzene rings is 1. The molecule has 0 radical (unpaired) electrons. The number of fused-ring (bicyclic) bond motifs is 1. The van der Waals surface area contributed by atoms with Gasteiger partial charge in [0.05, 0.1) is 26.2 Å². The maximum Gasteiger partial charge on any atom is 0.227 e. The molecule has 1 fully saturated rings. The average Bonchev–Trinajstić information content (AvgIpc) is 3.16. The van der Waals surface area contributed by atoms with Gasteiger partial charge in [-0.1, -0.05) is 15.9 Å². The average molecular weight is 493 g/mol. The number of aliphatic hydroxyl groups is 1. The fourth-order valence-electron chi connectivity index (χ4n) is 3.78. The van der Waals surface area contributed by atoms with Crippen LogP contribution >= 0.6 is 15.9 Å². The molecule has 0 atom stereocenters. The van der Waals surface area contributed by atoms with Gasteiger partial charge in [0.1, 0.15) is 5.75 Å². The van der Waals surface area contributed by atoms with Gasteiger partial charge in [0.25, 0.3) is 0 Å². The number of alkyl halides is 1. The number of ether oxygens (including phenoxy) is 1. The summed E-state index contributed by atoms with van der Waals surface area (Å²) < 4.78 is 20.8. The van der Waals surface area contributed by atoms with Crippen molar-refractivity contribution in [1.29, 1.82) is 0 Å². The van der Waals surface area contributed by atoms with Crippen LogP contribution in [0.5, 0.6) is 5.75 Å². The molecule has 0 spiro atoms. The minimum Gasteiger partial charge on any atom is -0.497 e. The molecule has 1 saturated carbocycles. The number of hydrogen-bond donors (Lipinski definition) is 3. The third-order valence-corrected chi connectivity index (χ3v) is 5.85. The molecule has 166 valence electrons. The third-order valence-electron chi connectivity index (χ3n) is 5.40. The van der Waals surface area contributed by atoms with Crippen LogP contribution in [0.2, 0.25) is 0 Å². The van der Waals surface area contributed by atoms with Crippen LogP contribution in [0, 0.1) is 0 Å². The summed E-state index contributed by atoms with van der Waals surface area (Å²) >= 11 is 3.49. The molecule has 3 aromatic rings. The van der Waals surface area contributed by atoms with E-state index in [1.54, 1.807) is 13.4 Å². The number of nitrogens with zero attached hydrogens (tertiary/aromatic N) is 4. The number of aromatic nitrogens is 4. The normalized spacial score (nSPS) is 18.8. The molecule has 2 aromatic heterocycles. The van der Waals surface area contributed by atoms with Crippen molar-refractivity contribution in [1.82, 2.24) is 19.5 Å². The zero-order valence-electron chi connectivity index (χ0n) is 17.3. The van der Waals surface area contributed by atoms with Crippen molar-refractivity contribution in [2.75, 3.05) is 24.4 Å². The van der Waals surface area contributed by atoms with Gasteiger partial charge in [-0.3, -0.25) is 4.39 Å². The minimum atomic E-state index is -0.400. The van der Waals surface area contributed by atoms with E-state index in [0.717, 1.165) is 35.8 Å². The highest BCUT2D eigenvalue weighted by Gasteiger charge is 2.21. The second-order valence-corrected chi connectivity index (χ2v) is 8.62. The van der Waals surface area contributed by atoms with Crippen LogP contribution in [0.4, 0.5) is 21.8 Å². The van der Waals surface area contributed by atoms with Crippen LogP contribution in [0.15, 0.2) is 29.0 Å². The molecule has 1 aliphatic carbocycles. The number of aryl methyl sites for hydroxylation is 1. The van der Waals surface area contributed by atoms with Gasteiger partial charge >= 0.3 is 0 Å². The molecule has 1 aromatic carbocycles. The Bertz CT molecular complexity index is 1040. The number of halogens is 2. The quantitative estimate of drug-likeness (QED) is 0.428. The summed E-state index contributed by atoms with van der Waals surface area (Å²) in [7, 11) is 1.62. The van der Waals surface area contributed by atoms with E-state index >= 15 is 0 Å². The lowest BCUT2D eigenvalue weighted by Crippen LogP contribution is -2.29. The molecule has 31 heavy (non-hydrogen) atoms. The zero-order valence-corrected chi connectivity index (χ0v) is 18.9. The molecule has 10 heteroatoms. The second-order valence-electron chi connectivity index (χ2n) is 7.70. The first-order valence-corrected chi connectivity index (χ1v) is 11.2. The lowest BCUT2D eigenvalue weighted by molar-refractivity contribution is 0.126. The van der Waals surface area contributed by atoms with E-state index in [9.17, 15) is 9.50 Å². The van der Waals surface area contributed by atoms with Crippen LogP contribution in [0.1, 0.15) is 32.1 Å². The topological polar surface area (TPSA) is 97.1 Å². The highest BCUT2D eigenvalue weighted by Crippen LogP contribution is 2.30. The van der Waals surface area contributed by atoms with E-state index in [1.807, 2.05) is 22.8 Å². The Morgan fingerprint density at radius 2 is 2.03 bits per heavy atom. The molecule has 1 aliphatic rings. The van der Waals surface area contributed by atoms with Gasteiger partial charge in [0.2, 0.25) is 5.95 Å². The van der Waals surface area contributed by atoms with E-state index in [0.29, 0.717) is 41.6 Å². The number of methoxy groups -OCH3 is 1. The Morgan fingerprint density at radius 1 is 1.23 bits per heavy atom. The Balaban J connectivity index is 1.68. The Morgan fingerprint density at radius 3 is 2.77 bits per heavy atom. The van der Waals surface area contributed by atoms with Gasteiger partial charge < -0.3 is 25.0 Å². The van der Waals surface area contributed by atoms with Crippen molar-refractivity contribution in [3.05, 3.63) is 29.0 Å². The van der Waals surface area contributed by atoms with Crippen molar-refractivity contribution in [2.45, 2.75) is 50.8 Å². The van der Waals surface area contributed by atoms with Crippen molar-refractivity contribution < 1.29 is 14.2 Å². The number of hydrogen-bond acceptors (Lipinski definition) is 7. The van der Waals surface area contributed by atoms with E-state index < -0.39 is 6.67 Å². The highest BCUT2D eigenvalue weighted by atomic mass is 79.9. The summed E-state index contributed by atoms with van der Waals surface area (Å²) in [6.07, 6.45) is 5.07. The van der Waals surface area contributed by atoms with Crippen molar-refractivity contribution in [3.63, 3.8) is 0 Å². The number of nitrogens with one attached hydrogen (secondary N) is 2. The Hall–Kier alpha value is -2.46. The van der Waals surface area contributed by atoms with Crippen LogP contribution in [-0.4, -0.2) is 50.6 Å². The first-order valence-electron chi connectivity index (χ1n) is 10.4. The minimum absolute atomic E-state index is 0.196. The van der Waals surface area contributed by atoms with Gasteiger partial charge in [0, 0.05) is 28.8 Å². The van der Waals surface area contributed by atoms with Crippen LogP contribution in [-0.2, 0) is 6.54 Å². The molecule has 0 unspecified atom stereocenters. The SMILES string of the molecule is COc1cc(Br)cc(Nc2nc(NC3CCC(O)CC3)nc3c2ncn3CCCF)c1. The summed E-state index contributed by atoms with van der Waals surface area (Å²) in [5, 5.41) is 16.5. The lowest BCUT2D eigenvalue weighted by atomic mass is 9.93. The fourth-order valence-corrected chi connectivity index (χ4v) is 4.25. The number of imidazole rings is 1. The molecular weight excluding hydrogens is 467 g/mol. The maximum atomic E-state index is 12.8. The molecular formula is C21H26BrFN6O2. The first kappa shape index (κ1) is 21.8. The molecule has 3 N–H and O–H groups in total. The molecule has 4 rings (SSSR count). The number of rotatable bonds is 8. The highest BCUT2D eigenvalue weighted by molar-refractivity contribution is 9.10. The molecule has 0 bridgehead atoms. The fraction of sp³-hybridized carbons (Fsp3) is 0.476. The maximum absolute atomic E-state index is 12.8. The van der Waals surface area contributed by atoms with E-state index in [4.69, 9.17) is 4.74 Å². The lowest BCUT2D eigenvalue weighted by Gasteiger charge is -2.26. The van der Waals surface area contributed by atoms with E-state index in [-0.39, 0.29) is 12.1 Å². The standard InChI is InChI=1S/C21H26BrFN6O2/c1-31-17-10-13(22)9-15(11-17)25-19-18-20(29(12-24-18)8-2-7-23)28-21(27-19)26-14-3-5-16(30)6-4-14/h9-12,14,16,30H,2-8H2,1H3,(H2,25,26,27,28). The smallest absolute Gasteiger partial charge is 0.227 e. The second kappa shape index (κ2) is 9.78. The van der Waals surface area contributed by atoms with Crippen molar-refractivity contribution >= 4 is 44.5 Å². The molecule has 2 heterocycles. The summed E-state index contributed by atoms with van der Waals surface area (Å²) in [5.41, 5.74) is 2.05. The summed E-state index contributed by atoms with van der Waals surface area (Å²) in [4.78, 5) is 13.8. The molecule has 0 saturated heterocycles. The first-order chi connectivity index (χ1) is 15.1. The van der Waals surface area contributed by atoms with Gasteiger partial charge in [-0.2, -0.15) is 9.97 Å². The zero-order chi connectivity index (χ0) is 21.8. The van der Waals surface area contributed by atoms with Crippen LogP contribution in [0.25, 0.3) is 11.2 Å². The summed E-state index contributed by atoms with van der Waals surface area (Å²) in [6.45, 7) is 0.0897. The van der Waals surface area contributed by atoms with Gasteiger partial charge in [0.15, 0.2) is 17.0 Å². The van der Waals surface area contributed by atoms with Crippen molar-refractivity contribution in [2.24, 2.45) is 0 Å². The third kappa shape index (κ3) is 5.24. The predicted octanol–water partition coefficient (Wildman–Crippen LogP) is 4.42. The van der Waals surface area contributed by atoms with E-state index in [1.165, 1.54) is 0 Å². The predicted molar refractivity (Wildman–Crippen MR) is 122 cm³/mol. The molecule has 0 amide bonds. The van der Waals surface area contributed by atoms with Crippen LogP contribution in [0.3, 0.4) is 0 Å². The van der Waals surface area contributed by atoms with Gasteiger partial charge in [-0.25, -0.2) is 4.98 Å². The number of anilines is 3. The van der Waals surface area contributed by atoms with Gasteiger partial charge in [-0.05, 0) is 44.2 Å². The monoisotopic (exact) mass is 492 g/mol. The van der Waals surface area contributed by atoms with Gasteiger partial charge in [-0.15, -0.1) is 0 Å². The number of aliphatic hydroxyl groups excluding tert-OH is 1. The summed E-state index contributed by atoms with van der Waals surface area (Å²) in [5.74, 6) is 1.75. The van der Waals surface area contributed by atoms with E-state index in [2.05, 4.69) is 41.5 Å². The van der Waals surface area contributed by atoms with Crippen molar-refractivity contribution in [3.8, 4) is 5.75 Å². The Labute approximate surface area is 188 Å². The van der Waals surface area contributed by atoms with Crippen LogP contribution < -0.4 is 15.4 Å². The largest absolute Gasteiger partial charge is 0.497 e. The molecule has 8 nitrogen and oxygen atoms in total. The Kier molecular flexibility index (Phi) is 6.86. The molecule has 0 aliphatic heterocycles. The summed E-state index contributed by atoms with van der Waals surface area (Å²) in [6, 6.07) is 5.86.